The lowest BCUT2D eigenvalue weighted by Gasteiger charge is -2.29. The first-order valence-electron chi connectivity index (χ1n) is 8.78. The van der Waals surface area contributed by atoms with Gasteiger partial charge in [-0.3, -0.25) is 4.79 Å². The summed E-state index contributed by atoms with van der Waals surface area (Å²) < 4.78 is 7.51. The van der Waals surface area contributed by atoms with E-state index in [1.54, 1.807) is 13.0 Å². The maximum atomic E-state index is 13.0. The summed E-state index contributed by atoms with van der Waals surface area (Å²) in [7, 11) is 0. The molecular formula is C21H19I2N3O3. The quantitative estimate of drug-likeness (QED) is 0.325. The summed E-state index contributed by atoms with van der Waals surface area (Å²) in [4.78, 5) is 25.2. The Balaban J connectivity index is 1.97. The van der Waals surface area contributed by atoms with Crippen molar-refractivity contribution in [1.29, 1.82) is 0 Å². The fourth-order valence-electron chi connectivity index (χ4n) is 2.99. The van der Waals surface area contributed by atoms with Gasteiger partial charge >= 0.3 is 6.03 Å². The highest BCUT2D eigenvalue weighted by Gasteiger charge is 2.32. The van der Waals surface area contributed by atoms with Crippen LogP contribution in [-0.4, -0.2) is 18.5 Å². The number of halogens is 2. The van der Waals surface area contributed by atoms with E-state index in [-0.39, 0.29) is 11.9 Å². The van der Waals surface area contributed by atoms with Crippen molar-refractivity contribution in [2.24, 2.45) is 0 Å². The fraction of sp³-hybridized carbons (Fsp3) is 0.143. The van der Waals surface area contributed by atoms with Crippen molar-refractivity contribution in [1.82, 2.24) is 10.6 Å². The molecule has 2 aromatic rings. The van der Waals surface area contributed by atoms with Gasteiger partial charge in [0.1, 0.15) is 12.4 Å². The summed E-state index contributed by atoms with van der Waals surface area (Å²) >= 11 is 4.38. The molecule has 1 aliphatic rings. The van der Waals surface area contributed by atoms with Crippen molar-refractivity contribution >= 4 is 62.8 Å². The van der Waals surface area contributed by atoms with Gasteiger partial charge in [-0.25, -0.2) is 4.79 Å². The van der Waals surface area contributed by atoms with E-state index in [1.165, 1.54) is 0 Å². The molecule has 0 unspecified atom stereocenters. The van der Waals surface area contributed by atoms with E-state index in [9.17, 15) is 9.59 Å². The van der Waals surface area contributed by atoms with E-state index in [0.29, 0.717) is 23.6 Å². The number of carbonyl (C=O) groups excluding carboxylic acids is 2. The Kier molecular flexibility index (Phi) is 7.17. The van der Waals surface area contributed by atoms with Gasteiger partial charge in [0.05, 0.1) is 18.8 Å². The molecule has 0 bridgehead atoms. The number of anilines is 1. The summed E-state index contributed by atoms with van der Waals surface area (Å²) in [5, 5.41) is 8.46. The van der Waals surface area contributed by atoms with Crippen LogP contribution in [0, 0.1) is 7.14 Å². The summed E-state index contributed by atoms with van der Waals surface area (Å²) in [6, 6.07) is 12.1. The van der Waals surface area contributed by atoms with Gasteiger partial charge in [0.2, 0.25) is 0 Å². The Morgan fingerprint density at radius 1 is 1.24 bits per heavy atom. The van der Waals surface area contributed by atoms with Crippen molar-refractivity contribution in [2.75, 3.05) is 11.9 Å². The average molecular weight is 615 g/mol. The van der Waals surface area contributed by atoms with Crippen molar-refractivity contribution in [3.05, 3.63) is 79.1 Å². The highest BCUT2D eigenvalue weighted by molar-refractivity contribution is 14.1. The standard InChI is InChI=1S/C21H19I2N3O3/c1-3-9-29-19-15(22)10-13(11-16(19)23)18-17(12(2)24-21(28)26-18)20(27)25-14-7-5-4-6-8-14/h3-8,10-11,18H,1,9H2,2H3,(H,25,27)(H2,24,26,28)/t18-/m0/s1. The molecule has 1 heterocycles. The van der Waals surface area contributed by atoms with Gasteiger partial charge in [0.15, 0.2) is 0 Å². The Labute approximate surface area is 196 Å². The van der Waals surface area contributed by atoms with Crippen LogP contribution in [0.4, 0.5) is 10.5 Å². The van der Waals surface area contributed by atoms with Crippen LogP contribution in [0.3, 0.4) is 0 Å². The number of urea groups is 1. The predicted molar refractivity (Wildman–Crippen MR) is 130 cm³/mol. The maximum Gasteiger partial charge on any atom is 0.319 e. The topological polar surface area (TPSA) is 79.5 Å². The van der Waals surface area contributed by atoms with Gasteiger partial charge in [0, 0.05) is 11.4 Å². The smallest absolute Gasteiger partial charge is 0.319 e. The first-order chi connectivity index (χ1) is 13.9. The summed E-state index contributed by atoms with van der Waals surface area (Å²) in [6.07, 6.45) is 1.69. The van der Waals surface area contributed by atoms with E-state index < -0.39 is 6.04 Å². The van der Waals surface area contributed by atoms with E-state index >= 15 is 0 Å². The molecule has 0 fully saturated rings. The van der Waals surface area contributed by atoms with Crippen LogP contribution in [0.15, 0.2) is 66.4 Å². The van der Waals surface area contributed by atoms with Crippen molar-refractivity contribution < 1.29 is 14.3 Å². The third-order valence-electron chi connectivity index (χ3n) is 4.24. The third-order valence-corrected chi connectivity index (χ3v) is 5.85. The van der Waals surface area contributed by atoms with Gasteiger partial charge < -0.3 is 20.7 Å². The first-order valence-corrected chi connectivity index (χ1v) is 10.9. The summed E-state index contributed by atoms with van der Waals surface area (Å²) in [6.45, 7) is 5.80. The number of hydrogen-bond acceptors (Lipinski definition) is 3. The van der Waals surface area contributed by atoms with E-state index in [2.05, 4.69) is 67.7 Å². The zero-order valence-corrected chi connectivity index (χ0v) is 19.9. The number of para-hydroxylation sites is 1. The van der Waals surface area contributed by atoms with Gasteiger partial charge in [-0.15, -0.1) is 0 Å². The Hall–Kier alpha value is -2.08. The molecular weight excluding hydrogens is 596 g/mol. The molecule has 3 amide bonds. The summed E-state index contributed by atoms with van der Waals surface area (Å²) in [5.74, 6) is 0.481. The highest BCUT2D eigenvalue weighted by Crippen LogP contribution is 2.35. The molecule has 0 aliphatic carbocycles. The minimum atomic E-state index is -0.581. The number of carbonyl (C=O) groups is 2. The number of hydrogen-bond donors (Lipinski definition) is 3. The zero-order valence-electron chi connectivity index (χ0n) is 15.6. The van der Waals surface area contributed by atoms with E-state index in [0.717, 1.165) is 18.5 Å². The first kappa shape index (κ1) is 21.6. The number of benzene rings is 2. The number of rotatable bonds is 6. The normalized spacial score (nSPS) is 16.0. The number of amides is 3. The van der Waals surface area contributed by atoms with Gasteiger partial charge in [-0.1, -0.05) is 30.9 Å². The molecule has 3 rings (SSSR count). The number of allylic oxidation sites excluding steroid dienone is 1. The molecule has 150 valence electrons. The fourth-order valence-corrected chi connectivity index (χ4v) is 5.12. The molecule has 0 saturated carbocycles. The molecule has 0 saturated heterocycles. The lowest BCUT2D eigenvalue weighted by Crippen LogP contribution is -2.46. The zero-order chi connectivity index (χ0) is 21.0. The molecule has 0 aromatic heterocycles. The van der Waals surface area contributed by atoms with Gasteiger partial charge in [0.25, 0.3) is 5.91 Å². The second-order valence-electron chi connectivity index (χ2n) is 6.30. The second kappa shape index (κ2) is 9.61. The lowest BCUT2D eigenvalue weighted by molar-refractivity contribution is -0.113. The largest absolute Gasteiger partial charge is 0.487 e. The molecule has 3 N–H and O–H groups in total. The average Bonchev–Trinajstić information content (AvgIpc) is 2.67. The third kappa shape index (κ3) is 5.10. The molecule has 0 radical (unpaired) electrons. The monoisotopic (exact) mass is 615 g/mol. The Morgan fingerprint density at radius 3 is 2.52 bits per heavy atom. The summed E-state index contributed by atoms with van der Waals surface area (Å²) in [5.41, 5.74) is 2.46. The van der Waals surface area contributed by atoms with Gasteiger partial charge in [-0.05, 0) is 81.9 Å². The second-order valence-corrected chi connectivity index (χ2v) is 8.63. The molecule has 1 aliphatic heterocycles. The van der Waals surface area contributed by atoms with Crippen LogP contribution in [0.2, 0.25) is 0 Å². The highest BCUT2D eigenvalue weighted by atomic mass is 127. The van der Waals surface area contributed by atoms with E-state index in [1.807, 2.05) is 42.5 Å². The SMILES string of the molecule is C=CCOc1c(I)cc([C@@H]2NC(=O)NC(C)=C2C(=O)Nc2ccccc2)cc1I. The molecule has 8 heteroatoms. The molecule has 29 heavy (non-hydrogen) atoms. The number of nitrogens with one attached hydrogen (secondary N) is 3. The molecule has 0 spiro atoms. The Morgan fingerprint density at radius 2 is 1.90 bits per heavy atom. The van der Waals surface area contributed by atoms with Crippen molar-refractivity contribution in [2.45, 2.75) is 13.0 Å². The van der Waals surface area contributed by atoms with Crippen LogP contribution in [0.1, 0.15) is 18.5 Å². The van der Waals surface area contributed by atoms with Crippen LogP contribution in [0.25, 0.3) is 0 Å². The molecule has 2 aromatic carbocycles. The molecule has 1 atom stereocenters. The minimum absolute atomic E-state index is 0.275. The van der Waals surface area contributed by atoms with Crippen molar-refractivity contribution in [3.63, 3.8) is 0 Å². The van der Waals surface area contributed by atoms with Crippen LogP contribution in [-0.2, 0) is 4.79 Å². The van der Waals surface area contributed by atoms with E-state index in [4.69, 9.17) is 4.74 Å². The van der Waals surface area contributed by atoms with Crippen molar-refractivity contribution in [3.8, 4) is 5.75 Å². The van der Waals surface area contributed by atoms with Crippen LogP contribution in [0.5, 0.6) is 5.75 Å². The van der Waals surface area contributed by atoms with Crippen LogP contribution < -0.4 is 20.7 Å². The molecule has 6 nitrogen and oxygen atoms in total. The Bertz CT molecular complexity index is 967. The number of ether oxygens (including phenoxy) is 1. The van der Waals surface area contributed by atoms with Crippen LogP contribution >= 0.6 is 45.2 Å². The predicted octanol–water partition coefficient (Wildman–Crippen LogP) is 4.73. The maximum absolute atomic E-state index is 13.0. The minimum Gasteiger partial charge on any atom is -0.487 e. The van der Waals surface area contributed by atoms with Gasteiger partial charge in [-0.2, -0.15) is 0 Å². The lowest BCUT2D eigenvalue weighted by atomic mass is 9.94.